The Morgan fingerprint density at radius 1 is 1.20 bits per heavy atom. The summed E-state index contributed by atoms with van der Waals surface area (Å²) in [5.74, 6) is 0.841. The fourth-order valence-corrected chi connectivity index (χ4v) is 4.24. The van der Waals surface area contributed by atoms with Crippen LogP contribution in [0.2, 0.25) is 0 Å². The van der Waals surface area contributed by atoms with Crippen molar-refractivity contribution in [1.29, 1.82) is 0 Å². The number of carbonyl (C=O) groups is 1. The number of hydrogen-bond donors (Lipinski definition) is 0. The van der Waals surface area contributed by atoms with E-state index in [0.717, 1.165) is 41.9 Å². The highest BCUT2D eigenvalue weighted by Gasteiger charge is 2.25. The average molecular weight is 356 g/mol. The smallest absolute Gasteiger partial charge is 0.227 e. The molecular weight excluding hydrogens is 334 g/mol. The first-order valence-electron chi connectivity index (χ1n) is 8.85. The van der Waals surface area contributed by atoms with Crippen molar-refractivity contribution in [2.45, 2.75) is 31.7 Å². The van der Waals surface area contributed by atoms with E-state index in [0.29, 0.717) is 18.3 Å². The molecule has 4 nitrogen and oxygen atoms in total. The molecule has 2 aliphatic rings. The van der Waals surface area contributed by atoms with Crippen LogP contribution in [0.1, 0.15) is 24.8 Å². The third-order valence-electron chi connectivity index (χ3n) is 5.37. The van der Waals surface area contributed by atoms with Crippen LogP contribution < -0.4 is 9.80 Å². The Morgan fingerprint density at radius 2 is 2.08 bits per heavy atom. The Labute approximate surface area is 153 Å². The highest BCUT2D eigenvalue weighted by atomic mass is 35.5. The van der Waals surface area contributed by atoms with Crippen LogP contribution >= 0.6 is 11.6 Å². The topological polar surface area (TPSA) is 36.4 Å². The maximum atomic E-state index is 11.9. The summed E-state index contributed by atoms with van der Waals surface area (Å²) in [6.07, 6.45) is 7.55. The van der Waals surface area contributed by atoms with Crippen molar-refractivity contribution in [3.8, 4) is 11.1 Å². The Hall–Kier alpha value is -2.07. The molecule has 4 rings (SSSR count). The third-order valence-corrected chi connectivity index (χ3v) is 5.72. The molecule has 2 aromatic rings. The van der Waals surface area contributed by atoms with Gasteiger partial charge in [-0.25, -0.2) is 0 Å². The lowest BCUT2D eigenvalue weighted by atomic mass is 9.96. The zero-order valence-electron chi connectivity index (χ0n) is 14.4. The number of hydrogen-bond acceptors (Lipinski definition) is 3. The van der Waals surface area contributed by atoms with Gasteiger partial charge < -0.3 is 9.80 Å². The molecule has 0 saturated carbocycles. The Morgan fingerprint density at radius 3 is 2.92 bits per heavy atom. The Balaban J connectivity index is 1.67. The van der Waals surface area contributed by atoms with Crippen LogP contribution in [0.25, 0.3) is 11.1 Å². The second-order valence-corrected chi connectivity index (χ2v) is 7.18. The molecule has 1 fully saturated rings. The summed E-state index contributed by atoms with van der Waals surface area (Å²) in [4.78, 5) is 20.5. The van der Waals surface area contributed by atoms with Crippen molar-refractivity contribution in [2.24, 2.45) is 0 Å². The van der Waals surface area contributed by atoms with Gasteiger partial charge in [0.25, 0.3) is 0 Å². The second kappa shape index (κ2) is 6.68. The number of carbonyl (C=O) groups excluding carboxylic acids is 1. The van der Waals surface area contributed by atoms with Gasteiger partial charge in [-0.1, -0.05) is 6.07 Å². The van der Waals surface area contributed by atoms with E-state index in [4.69, 9.17) is 11.6 Å². The van der Waals surface area contributed by atoms with Crippen molar-refractivity contribution in [2.75, 3.05) is 29.3 Å². The van der Waals surface area contributed by atoms with Gasteiger partial charge in [0, 0.05) is 49.4 Å². The van der Waals surface area contributed by atoms with Crippen molar-refractivity contribution in [3.05, 3.63) is 42.2 Å². The maximum absolute atomic E-state index is 11.9. The molecule has 1 saturated heterocycles. The molecule has 0 aliphatic carbocycles. The predicted octanol–water partition coefficient (Wildman–Crippen LogP) is 3.87. The standard InChI is InChI=1S/C20H22ClN3O/c1-23-19-6-4-14(9-15(19)5-7-20(23)25)16-10-18(13-22-12-16)24-8-2-3-17(24)11-21/h4,6,9-10,12-13,17H,2-3,5,7-8,11H2,1H3/t17-/m0/s1. The average Bonchev–Trinajstić information content (AvgIpc) is 3.13. The van der Waals surface area contributed by atoms with Gasteiger partial charge in [0.1, 0.15) is 0 Å². The van der Waals surface area contributed by atoms with Gasteiger partial charge in [-0.3, -0.25) is 9.78 Å². The lowest BCUT2D eigenvalue weighted by molar-refractivity contribution is -0.118. The van der Waals surface area contributed by atoms with Crippen molar-refractivity contribution >= 4 is 28.9 Å². The summed E-state index contributed by atoms with van der Waals surface area (Å²) in [5.41, 5.74) is 5.65. The van der Waals surface area contributed by atoms with E-state index in [1.807, 2.05) is 25.5 Å². The number of benzene rings is 1. The van der Waals surface area contributed by atoms with Gasteiger partial charge in [-0.05, 0) is 48.6 Å². The Kier molecular flexibility index (Phi) is 4.38. The molecule has 0 radical (unpaired) electrons. The second-order valence-electron chi connectivity index (χ2n) is 6.87. The number of amides is 1. The number of fused-ring (bicyclic) bond motifs is 1. The molecule has 1 aromatic carbocycles. The van der Waals surface area contributed by atoms with E-state index >= 15 is 0 Å². The maximum Gasteiger partial charge on any atom is 0.227 e. The number of pyridine rings is 1. The zero-order chi connectivity index (χ0) is 17.4. The molecule has 0 bridgehead atoms. The lowest BCUT2D eigenvalue weighted by Crippen LogP contribution is -2.31. The van der Waals surface area contributed by atoms with Crippen LogP contribution in [-0.2, 0) is 11.2 Å². The molecule has 5 heteroatoms. The first-order chi connectivity index (χ1) is 12.2. The van der Waals surface area contributed by atoms with Crippen LogP contribution in [0.5, 0.6) is 0 Å². The third kappa shape index (κ3) is 2.99. The van der Waals surface area contributed by atoms with Crippen molar-refractivity contribution < 1.29 is 4.79 Å². The van der Waals surface area contributed by atoms with Gasteiger partial charge in [-0.15, -0.1) is 11.6 Å². The molecular formula is C20H22ClN3O. The SMILES string of the molecule is CN1C(=O)CCc2cc(-c3cncc(N4CCC[C@H]4CCl)c3)ccc21. The monoisotopic (exact) mass is 355 g/mol. The Bertz CT molecular complexity index is 807. The van der Waals surface area contributed by atoms with Crippen molar-refractivity contribution in [1.82, 2.24) is 4.98 Å². The van der Waals surface area contributed by atoms with Crippen molar-refractivity contribution in [3.63, 3.8) is 0 Å². The van der Waals surface area contributed by atoms with E-state index in [9.17, 15) is 4.79 Å². The number of aromatic nitrogens is 1. The van der Waals surface area contributed by atoms with Crippen LogP contribution in [-0.4, -0.2) is 36.4 Å². The minimum Gasteiger partial charge on any atom is -0.366 e. The van der Waals surface area contributed by atoms with Gasteiger partial charge in [-0.2, -0.15) is 0 Å². The van der Waals surface area contributed by atoms with Crippen LogP contribution in [0, 0.1) is 0 Å². The molecule has 0 N–H and O–H groups in total. The highest BCUT2D eigenvalue weighted by Crippen LogP contribution is 2.33. The van der Waals surface area contributed by atoms with Gasteiger partial charge in [0.2, 0.25) is 5.91 Å². The molecule has 0 unspecified atom stereocenters. The number of rotatable bonds is 3. The number of aryl methyl sites for hydroxylation is 1. The summed E-state index contributed by atoms with van der Waals surface area (Å²) in [6, 6.07) is 8.94. The number of halogens is 1. The van der Waals surface area contributed by atoms with E-state index in [-0.39, 0.29) is 5.91 Å². The van der Waals surface area contributed by atoms with E-state index < -0.39 is 0 Å². The largest absolute Gasteiger partial charge is 0.366 e. The summed E-state index contributed by atoms with van der Waals surface area (Å²) in [7, 11) is 1.85. The fourth-order valence-electron chi connectivity index (χ4n) is 3.91. The van der Waals surface area contributed by atoms with Gasteiger partial charge >= 0.3 is 0 Å². The van der Waals surface area contributed by atoms with Gasteiger partial charge in [0.05, 0.1) is 11.9 Å². The lowest BCUT2D eigenvalue weighted by Gasteiger charge is -2.27. The molecule has 3 heterocycles. The van der Waals surface area contributed by atoms with E-state index in [2.05, 4.69) is 28.1 Å². The zero-order valence-corrected chi connectivity index (χ0v) is 15.2. The van der Waals surface area contributed by atoms with Crippen LogP contribution in [0.4, 0.5) is 11.4 Å². The quantitative estimate of drug-likeness (QED) is 0.784. The molecule has 1 aromatic heterocycles. The summed E-state index contributed by atoms with van der Waals surface area (Å²) in [6.45, 7) is 1.04. The first-order valence-corrected chi connectivity index (χ1v) is 9.38. The highest BCUT2D eigenvalue weighted by molar-refractivity contribution is 6.18. The summed E-state index contributed by atoms with van der Waals surface area (Å²) >= 11 is 6.12. The molecule has 1 atom stereocenters. The fraction of sp³-hybridized carbons (Fsp3) is 0.400. The minimum atomic E-state index is 0.185. The number of anilines is 2. The van der Waals surface area contributed by atoms with Crippen LogP contribution in [0.15, 0.2) is 36.7 Å². The molecule has 0 spiro atoms. The molecule has 2 aliphatic heterocycles. The summed E-state index contributed by atoms with van der Waals surface area (Å²) in [5, 5.41) is 0. The molecule has 130 valence electrons. The van der Waals surface area contributed by atoms with Gasteiger partial charge in [0.15, 0.2) is 0 Å². The predicted molar refractivity (Wildman–Crippen MR) is 102 cm³/mol. The number of nitrogens with zero attached hydrogens (tertiary/aromatic N) is 3. The van der Waals surface area contributed by atoms with E-state index in [1.165, 1.54) is 12.0 Å². The van der Waals surface area contributed by atoms with Crippen LogP contribution in [0.3, 0.4) is 0 Å². The van der Waals surface area contributed by atoms with E-state index in [1.54, 1.807) is 4.90 Å². The summed E-state index contributed by atoms with van der Waals surface area (Å²) < 4.78 is 0. The normalized spacial score (nSPS) is 20.1. The minimum absolute atomic E-state index is 0.185. The number of alkyl halides is 1. The first kappa shape index (κ1) is 16.4. The molecule has 1 amide bonds. The molecule has 25 heavy (non-hydrogen) atoms.